The van der Waals surface area contributed by atoms with Gasteiger partial charge in [-0.15, -0.1) is 0 Å². The van der Waals surface area contributed by atoms with Crippen molar-refractivity contribution in [1.82, 2.24) is 0 Å². The lowest BCUT2D eigenvalue weighted by atomic mass is 9.60. The van der Waals surface area contributed by atoms with Crippen molar-refractivity contribution in [1.29, 1.82) is 0 Å². The summed E-state index contributed by atoms with van der Waals surface area (Å²) in [5.41, 5.74) is 15.9. The third kappa shape index (κ3) is 5.50. The largest absolute Gasteiger partial charge is 0.457 e. The molecule has 196 valence electrons. The maximum atomic E-state index is 6.33. The summed E-state index contributed by atoms with van der Waals surface area (Å²) in [4.78, 5) is 0. The summed E-state index contributed by atoms with van der Waals surface area (Å²) in [7, 11) is 0. The molecule has 4 nitrogen and oxygen atoms in total. The first-order valence-electron chi connectivity index (χ1n) is 13.5. The molecule has 5 rings (SSSR count). The predicted octanol–water partition coefficient (Wildman–Crippen LogP) is 8.86. The van der Waals surface area contributed by atoms with Gasteiger partial charge < -0.3 is 20.9 Å². The lowest BCUT2D eigenvalue weighted by molar-refractivity contribution is 0.176. The van der Waals surface area contributed by atoms with Gasteiger partial charge in [-0.1, -0.05) is 51.1 Å². The Bertz CT molecular complexity index is 1350. The third-order valence-electron chi connectivity index (χ3n) is 8.47. The van der Waals surface area contributed by atoms with Crippen molar-refractivity contribution in [2.75, 3.05) is 11.5 Å². The van der Waals surface area contributed by atoms with E-state index in [9.17, 15) is 0 Å². The highest BCUT2D eigenvalue weighted by Gasteiger charge is 2.40. The third-order valence-corrected chi connectivity index (χ3v) is 8.47. The van der Waals surface area contributed by atoms with Crippen LogP contribution >= 0.6 is 0 Å². The van der Waals surface area contributed by atoms with Crippen LogP contribution in [0.1, 0.15) is 57.6 Å². The van der Waals surface area contributed by atoms with Crippen LogP contribution in [-0.2, 0) is 10.8 Å². The molecule has 4 heteroatoms. The van der Waals surface area contributed by atoms with Gasteiger partial charge in [0.2, 0.25) is 0 Å². The van der Waals surface area contributed by atoms with Crippen LogP contribution in [0.4, 0.5) is 11.4 Å². The second-order valence-corrected chi connectivity index (χ2v) is 11.4. The molecule has 1 aliphatic rings. The van der Waals surface area contributed by atoms with Gasteiger partial charge in [-0.2, -0.15) is 0 Å². The normalized spacial score (nSPS) is 19.6. The van der Waals surface area contributed by atoms with Crippen LogP contribution < -0.4 is 20.9 Å². The minimum absolute atomic E-state index is 0.0705. The summed E-state index contributed by atoms with van der Waals surface area (Å²) < 4.78 is 12.3. The van der Waals surface area contributed by atoms with E-state index in [-0.39, 0.29) is 10.8 Å². The summed E-state index contributed by atoms with van der Waals surface area (Å²) in [5, 5.41) is 0. The van der Waals surface area contributed by atoms with Gasteiger partial charge in [0.25, 0.3) is 0 Å². The quantitative estimate of drug-likeness (QED) is 0.246. The van der Waals surface area contributed by atoms with Gasteiger partial charge in [-0.25, -0.2) is 0 Å². The van der Waals surface area contributed by atoms with Crippen LogP contribution in [-0.4, -0.2) is 0 Å². The second-order valence-electron chi connectivity index (χ2n) is 11.4. The maximum absolute atomic E-state index is 6.33. The Kier molecular flexibility index (Phi) is 7.07. The Morgan fingerprint density at radius 3 is 1.68 bits per heavy atom. The number of anilines is 2. The number of benzene rings is 4. The van der Waals surface area contributed by atoms with Crippen LogP contribution in [0.25, 0.3) is 0 Å². The first-order chi connectivity index (χ1) is 18.2. The van der Waals surface area contributed by atoms with E-state index in [1.54, 1.807) is 0 Å². The standard InChI is InChI=1S/C34H38N2O2/c1-33(2,24-8-14-28(15-9-24)37-29-16-10-26(35)11-17-29)25-20-22-34(3,23-21-25)31-6-4-5-7-32(31)38-30-18-12-27(36)13-19-30/h4-19,25H,20-23,35-36H2,1-3H3. The van der Waals surface area contributed by atoms with E-state index >= 15 is 0 Å². The number of ether oxygens (including phenoxy) is 2. The zero-order chi connectivity index (χ0) is 26.8. The van der Waals surface area contributed by atoms with Crippen molar-refractivity contribution in [3.63, 3.8) is 0 Å². The van der Waals surface area contributed by atoms with Gasteiger partial charge >= 0.3 is 0 Å². The van der Waals surface area contributed by atoms with Gasteiger partial charge in [0.1, 0.15) is 23.0 Å². The van der Waals surface area contributed by atoms with E-state index in [1.165, 1.54) is 24.0 Å². The van der Waals surface area contributed by atoms with E-state index < -0.39 is 0 Å². The second kappa shape index (κ2) is 10.4. The van der Waals surface area contributed by atoms with Gasteiger partial charge in [-0.05, 0) is 115 Å². The fraction of sp³-hybridized carbons (Fsp3) is 0.294. The molecular weight excluding hydrogens is 468 g/mol. The number of nitrogen functional groups attached to an aromatic ring is 2. The van der Waals surface area contributed by atoms with Crippen molar-refractivity contribution in [3.05, 3.63) is 108 Å². The molecule has 1 aliphatic carbocycles. The summed E-state index contributed by atoms with van der Waals surface area (Å²) in [6.07, 6.45) is 4.59. The number of rotatable bonds is 7. The topological polar surface area (TPSA) is 70.5 Å². The Morgan fingerprint density at radius 2 is 1.13 bits per heavy atom. The summed E-state index contributed by atoms with van der Waals surface area (Å²) in [6.45, 7) is 7.16. The molecule has 1 fully saturated rings. The highest BCUT2D eigenvalue weighted by Crippen LogP contribution is 2.50. The summed E-state index contributed by atoms with van der Waals surface area (Å²) >= 11 is 0. The molecule has 0 atom stereocenters. The minimum atomic E-state index is 0.0705. The Hall–Kier alpha value is -3.92. The van der Waals surface area contributed by atoms with E-state index in [0.717, 1.165) is 47.2 Å². The van der Waals surface area contributed by atoms with Crippen LogP contribution in [0.15, 0.2) is 97.1 Å². The molecule has 0 unspecified atom stereocenters. The number of hydrogen-bond acceptors (Lipinski definition) is 4. The average molecular weight is 507 g/mol. The summed E-state index contributed by atoms with van der Waals surface area (Å²) in [6, 6.07) is 32.2. The van der Waals surface area contributed by atoms with Crippen LogP contribution in [0.3, 0.4) is 0 Å². The fourth-order valence-electron chi connectivity index (χ4n) is 5.82. The molecule has 0 amide bonds. The van der Waals surface area contributed by atoms with Gasteiger partial charge in [-0.3, -0.25) is 0 Å². The van der Waals surface area contributed by atoms with Crippen molar-refractivity contribution in [3.8, 4) is 23.0 Å². The minimum Gasteiger partial charge on any atom is -0.457 e. The summed E-state index contributed by atoms with van der Waals surface area (Å²) in [5.74, 6) is 3.98. The van der Waals surface area contributed by atoms with E-state index in [2.05, 4.69) is 69.3 Å². The van der Waals surface area contributed by atoms with Crippen LogP contribution in [0, 0.1) is 5.92 Å². The fourth-order valence-corrected chi connectivity index (χ4v) is 5.82. The molecule has 4 aromatic rings. The molecule has 0 aromatic heterocycles. The maximum Gasteiger partial charge on any atom is 0.131 e. The Morgan fingerprint density at radius 1 is 0.658 bits per heavy atom. The van der Waals surface area contributed by atoms with Crippen LogP contribution in [0.5, 0.6) is 23.0 Å². The molecule has 38 heavy (non-hydrogen) atoms. The van der Waals surface area contributed by atoms with E-state index in [1.807, 2.05) is 48.5 Å². The average Bonchev–Trinajstić information content (AvgIpc) is 2.92. The molecule has 4 N–H and O–H groups in total. The molecule has 0 heterocycles. The lowest BCUT2D eigenvalue weighted by Gasteiger charge is -2.44. The number of nitrogens with two attached hydrogens (primary N) is 2. The molecule has 0 saturated heterocycles. The van der Waals surface area contributed by atoms with Gasteiger partial charge in [0.05, 0.1) is 0 Å². The monoisotopic (exact) mass is 506 g/mol. The molecule has 0 aliphatic heterocycles. The highest BCUT2D eigenvalue weighted by atomic mass is 16.5. The molecule has 4 aromatic carbocycles. The lowest BCUT2D eigenvalue weighted by Crippen LogP contribution is -2.37. The Labute approximate surface area is 226 Å². The highest BCUT2D eigenvalue weighted by molar-refractivity contribution is 5.47. The molecule has 0 bridgehead atoms. The molecular formula is C34H38N2O2. The molecule has 0 spiro atoms. The van der Waals surface area contributed by atoms with Crippen molar-refractivity contribution >= 4 is 11.4 Å². The SMILES string of the molecule is CC1(c2ccccc2Oc2ccc(N)cc2)CCC(C(C)(C)c2ccc(Oc3ccc(N)cc3)cc2)CC1. The van der Waals surface area contributed by atoms with E-state index in [4.69, 9.17) is 20.9 Å². The van der Waals surface area contributed by atoms with Crippen molar-refractivity contribution < 1.29 is 9.47 Å². The number of hydrogen-bond donors (Lipinski definition) is 2. The smallest absolute Gasteiger partial charge is 0.131 e. The van der Waals surface area contributed by atoms with Gasteiger partial charge in [0, 0.05) is 16.9 Å². The van der Waals surface area contributed by atoms with Crippen LogP contribution in [0.2, 0.25) is 0 Å². The molecule has 0 radical (unpaired) electrons. The van der Waals surface area contributed by atoms with E-state index in [0.29, 0.717) is 5.92 Å². The first-order valence-corrected chi connectivity index (χ1v) is 13.5. The van der Waals surface area contributed by atoms with Crippen molar-refractivity contribution in [2.45, 2.75) is 57.3 Å². The van der Waals surface area contributed by atoms with Crippen molar-refractivity contribution in [2.24, 2.45) is 5.92 Å². The first kappa shape index (κ1) is 25.7. The predicted molar refractivity (Wildman–Crippen MR) is 157 cm³/mol. The molecule has 1 saturated carbocycles. The Balaban J connectivity index is 1.26. The van der Waals surface area contributed by atoms with Gasteiger partial charge in [0.15, 0.2) is 0 Å². The zero-order valence-electron chi connectivity index (χ0n) is 22.6. The number of para-hydroxylation sites is 1. The zero-order valence-corrected chi connectivity index (χ0v) is 22.6.